The molecule has 124 valence electrons. The fraction of sp³-hybridized carbons (Fsp3) is 0.300. The summed E-state index contributed by atoms with van der Waals surface area (Å²) in [6.07, 6.45) is 2.82. The molecule has 2 aromatic carbocycles. The highest BCUT2D eigenvalue weighted by molar-refractivity contribution is 6.41. The summed E-state index contributed by atoms with van der Waals surface area (Å²) in [5.74, 6) is 1.36. The fourth-order valence-electron chi connectivity index (χ4n) is 3.07. The smallest absolute Gasteiger partial charge is 0.178 e. The lowest BCUT2D eigenvalue weighted by Gasteiger charge is -2.24. The largest absolute Gasteiger partial charge is 0.497 e. The lowest BCUT2D eigenvalue weighted by Crippen LogP contribution is -2.21. The second-order valence-electron chi connectivity index (χ2n) is 6.08. The van der Waals surface area contributed by atoms with Crippen molar-refractivity contribution in [2.24, 2.45) is 15.7 Å². The van der Waals surface area contributed by atoms with E-state index in [0.29, 0.717) is 5.84 Å². The van der Waals surface area contributed by atoms with Crippen LogP contribution in [0.25, 0.3) is 0 Å². The topological polar surface area (TPSA) is 60.0 Å². The van der Waals surface area contributed by atoms with E-state index in [1.165, 1.54) is 5.56 Å². The van der Waals surface area contributed by atoms with Crippen molar-refractivity contribution in [2.45, 2.75) is 31.8 Å². The SMILES string of the molecule is COc1ccc([C@]2(CCCc3ccccc3)N=C(C)C(N)=N2)cc1. The number of ether oxygens (including phenoxy) is 1. The fourth-order valence-corrected chi connectivity index (χ4v) is 3.07. The summed E-state index contributed by atoms with van der Waals surface area (Å²) >= 11 is 0. The molecule has 0 radical (unpaired) electrons. The first kappa shape index (κ1) is 16.2. The first-order valence-corrected chi connectivity index (χ1v) is 8.23. The average molecular weight is 321 g/mol. The van der Waals surface area contributed by atoms with Crippen molar-refractivity contribution in [3.63, 3.8) is 0 Å². The summed E-state index contributed by atoms with van der Waals surface area (Å²) in [6.45, 7) is 1.92. The van der Waals surface area contributed by atoms with Crippen LogP contribution in [0, 0.1) is 0 Å². The Labute approximate surface area is 143 Å². The summed E-state index contributed by atoms with van der Waals surface area (Å²) in [5, 5.41) is 0. The number of benzene rings is 2. The number of amidine groups is 1. The molecule has 0 spiro atoms. The van der Waals surface area contributed by atoms with Gasteiger partial charge in [-0.25, -0.2) is 4.99 Å². The van der Waals surface area contributed by atoms with Crippen LogP contribution in [-0.2, 0) is 12.1 Å². The van der Waals surface area contributed by atoms with Crippen molar-refractivity contribution >= 4 is 11.5 Å². The van der Waals surface area contributed by atoms with Crippen LogP contribution in [0.3, 0.4) is 0 Å². The molecular formula is C20H23N3O. The van der Waals surface area contributed by atoms with Gasteiger partial charge >= 0.3 is 0 Å². The van der Waals surface area contributed by atoms with Crippen molar-refractivity contribution < 1.29 is 4.74 Å². The van der Waals surface area contributed by atoms with E-state index in [0.717, 1.165) is 36.3 Å². The summed E-state index contributed by atoms with van der Waals surface area (Å²) < 4.78 is 5.25. The number of nitrogens with zero attached hydrogens (tertiary/aromatic N) is 2. The average Bonchev–Trinajstić information content (AvgIpc) is 2.91. The maximum absolute atomic E-state index is 6.02. The van der Waals surface area contributed by atoms with E-state index in [-0.39, 0.29) is 0 Å². The minimum absolute atomic E-state index is 0.533. The van der Waals surface area contributed by atoms with E-state index in [9.17, 15) is 0 Å². The molecule has 1 aliphatic heterocycles. The summed E-state index contributed by atoms with van der Waals surface area (Å²) in [6, 6.07) is 18.4. The third-order valence-electron chi connectivity index (χ3n) is 4.41. The number of nitrogens with two attached hydrogens (primary N) is 1. The van der Waals surface area contributed by atoms with E-state index in [4.69, 9.17) is 20.5 Å². The van der Waals surface area contributed by atoms with Crippen molar-refractivity contribution in [1.82, 2.24) is 0 Å². The van der Waals surface area contributed by atoms with Gasteiger partial charge in [0.05, 0.1) is 12.8 Å². The third-order valence-corrected chi connectivity index (χ3v) is 4.41. The third kappa shape index (κ3) is 3.32. The van der Waals surface area contributed by atoms with E-state index in [1.807, 2.05) is 37.3 Å². The Bertz CT molecular complexity index is 730. The Balaban J connectivity index is 1.81. The predicted molar refractivity (Wildman–Crippen MR) is 98.8 cm³/mol. The molecule has 1 heterocycles. The van der Waals surface area contributed by atoms with Gasteiger partial charge < -0.3 is 10.5 Å². The van der Waals surface area contributed by atoms with Gasteiger partial charge in [0.1, 0.15) is 11.6 Å². The minimum Gasteiger partial charge on any atom is -0.497 e. The number of aryl methyl sites for hydroxylation is 1. The van der Waals surface area contributed by atoms with Gasteiger partial charge in [0, 0.05) is 5.56 Å². The lowest BCUT2D eigenvalue weighted by molar-refractivity contribution is 0.409. The van der Waals surface area contributed by atoms with Crippen LogP contribution in [0.15, 0.2) is 64.6 Å². The maximum Gasteiger partial charge on any atom is 0.178 e. The van der Waals surface area contributed by atoms with E-state index >= 15 is 0 Å². The van der Waals surface area contributed by atoms with Crippen LogP contribution >= 0.6 is 0 Å². The first-order chi connectivity index (χ1) is 11.6. The normalized spacial score (nSPS) is 19.8. The van der Waals surface area contributed by atoms with Crippen molar-refractivity contribution in [2.75, 3.05) is 7.11 Å². The Morgan fingerprint density at radius 3 is 2.29 bits per heavy atom. The molecule has 2 N–H and O–H groups in total. The highest BCUT2D eigenvalue weighted by Gasteiger charge is 2.35. The molecule has 0 aliphatic carbocycles. The standard InChI is InChI=1S/C20H23N3O/c1-15-19(21)23-20(22-15,17-10-12-18(24-2)13-11-17)14-6-9-16-7-4-3-5-8-16/h3-5,7-8,10-13H,6,9,14H2,1-2H3,(H2,21,23)/t20-/m1/s1. The molecule has 2 aromatic rings. The van der Waals surface area contributed by atoms with Gasteiger partial charge in [0.2, 0.25) is 0 Å². The molecule has 0 bridgehead atoms. The number of aliphatic imine (C=N–C) groups is 2. The number of methoxy groups -OCH3 is 1. The second kappa shape index (κ2) is 6.87. The molecule has 1 aliphatic rings. The molecule has 1 atom stereocenters. The van der Waals surface area contributed by atoms with Gasteiger partial charge in [-0.05, 0) is 43.9 Å². The van der Waals surface area contributed by atoms with Gasteiger partial charge in [-0.3, -0.25) is 4.99 Å². The molecule has 4 heteroatoms. The molecule has 0 fully saturated rings. The molecule has 0 saturated heterocycles. The molecule has 0 unspecified atom stereocenters. The molecule has 4 nitrogen and oxygen atoms in total. The van der Waals surface area contributed by atoms with Crippen LogP contribution in [0.4, 0.5) is 0 Å². The van der Waals surface area contributed by atoms with Crippen LogP contribution in [0.5, 0.6) is 5.75 Å². The van der Waals surface area contributed by atoms with Gasteiger partial charge in [-0.15, -0.1) is 0 Å². The Hall–Kier alpha value is -2.62. The molecule has 0 amide bonds. The lowest BCUT2D eigenvalue weighted by atomic mass is 9.93. The van der Waals surface area contributed by atoms with Gasteiger partial charge in [0.25, 0.3) is 0 Å². The van der Waals surface area contributed by atoms with Crippen LogP contribution in [0.2, 0.25) is 0 Å². The zero-order valence-electron chi connectivity index (χ0n) is 14.2. The van der Waals surface area contributed by atoms with E-state index in [2.05, 4.69) is 24.3 Å². The van der Waals surface area contributed by atoms with E-state index < -0.39 is 5.66 Å². The number of rotatable bonds is 6. The van der Waals surface area contributed by atoms with Crippen molar-refractivity contribution in [3.05, 3.63) is 65.7 Å². The highest BCUT2D eigenvalue weighted by atomic mass is 16.5. The zero-order chi connectivity index (χ0) is 17.0. The molecule has 0 aromatic heterocycles. The van der Waals surface area contributed by atoms with E-state index in [1.54, 1.807) is 7.11 Å². The number of hydrogen-bond acceptors (Lipinski definition) is 4. The summed E-state index contributed by atoms with van der Waals surface area (Å²) in [7, 11) is 1.67. The molecule has 3 rings (SSSR count). The van der Waals surface area contributed by atoms with Crippen LogP contribution in [-0.4, -0.2) is 18.7 Å². The van der Waals surface area contributed by atoms with Crippen molar-refractivity contribution in [1.29, 1.82) is 0 Å². The predicted octanol–water partition coefficient (Wildman–Crippen LogP) is 3.70. The van der Waals surface area contributed by atoms with Gasteiger partial charge in [-0.1, -0.05) is 42.5 Å². The zero-order valence-corrected chi connectivity index (χ0v) is 14.2. The summed E-state index contributed by atoms with van der Waals surface area (Å²) in [5.41, 5.74) is 8.62. The van der Waals surface area contributed by atoms with Crippen LogP contribution < -0.4 is 10.5 Å². The highest BCUT2D eigenvalue weighted by Crippen LogP contribution is 2.37. The summed E-state index contributed by atoms with van der Waals surface area (Å²) in [4.78, 5) is 9.51. The van der Waals surface area contributed by atoms with Gasteiger partial charge in [-0.2, -0.15) is 0 Å². The maximum atomic E-state index is 6.02. The quantitative estimate of drug-likeness (QED) is 0.882. The van der Waals surface area contributed by atoms with Gasteiger partial charge in [0.15, 0.2) is 5.66 Å². The molecule has 0 saturated carbocycles. The number of hydrogen-bond donors (Lipinski definition) is 1. The van der Waals surface area contributed by atoms with Crippen LogP contribution in [0.1, 0.15) is 30.9 Å². The first-order valence-electron chi connectivity index (χ1n) is 8.23. The molecular weight excluding hydrogens is 298 g/mol. The Morgan fingerprint density at radius 2 is 1.71 bits per heavy atom. The minimum atomic E-state index is -0.602. The Kier molecular flexibility index (Phi) is 4.65. The Morgan fingerprint density at radius 1 is 1.00 bits per heavy atom. The second-order valence-corrected chi connectivity index (χ2v) is 6.08. The van der Waals surface area contributed by atoms with Crippen molar-refractivity contribution in [3.8, 4) is 5.75 Å². The molecule has 24 heavy (non-hydrogen) atoms. The monoisotopic (exact) mass is 321 g/mol.